The fourth-order valence-electron chi connectivity index (χ4n) is 1.52. The Bertz CT molecular complexity index is 191. The van der Waals surface area contributed by atoms with Gasteiger partial charge < -0.3 is 4.90 Å². The highest BCUT2D eigenvalue weighted by Gasteiger charge is 2.27. The molecule has 0 unspecified atom stereocenters. The molecule has 0 radical (unpaired) electrons. The Labute approximate surface area is 81.2 Å². The van der Waals surface area contributed by atoms with Gasteiger partial charge in [-0.3, -0.25) is 5.43 Å². The standard InChI is InChI=1S/C10H21N3/c1-5-6-7-13-8-11-12-9(13)10(2,3)4/h11H,5-8H2,1-4H3. The fraction of sp³-hybridized carbons (Fsp3) is 0.900. The van der Waals surface area contributed by atoms with E-state index in [2.05, 4.69) is 43.1 Å². The topological polar surface area (TPSA) is 27.6 Å². The maximum absolute atomic E-state index is 4.33. The molecule has 0 bridgehead atoms. The van der Waals surface area contributed by atoms with Crippen LogP contribution in [0, 0.1) is 5.41 Å². The number of nitrogens with one attached hydrogen (secondary N) is 1. The minimum Gasteiger partial charge on any atom is -0.339 e. The van der Waals surface area contributed by atoms with Crippen molar-refractivity contribution in [2.45, 2.75) is 40.5 Å². The predicted molar refractivity (Wildman–Crippen MR) is 56.5 cm³/mol. The van der Waals surface area contributed by atoms with Crippen molar-refractivity contribution in [3.05, 3.63) is 0 Å². The lowest BCUT2D eigenvalue weighted by atomic mass is 9.94. The van der Waals surface area contributed by atoms with Crippen LogP contribution in [0.3, 0.4) is 0 Å². The highest BCUT2D eigenvalue weighted by molar-refractivity contribution is 5.87. The Hall–Kier alpha value is -0.730. The molecule has 3 nitrogen and oxygen atoms in total. The highest BCUT2D eigenvalue weighted by atomic mass is 15.5. The molecule has 0 saturated heterocycles. The summed E-state index contributed by atoms with van der Waals surface area (Å²) in [5, 5.41) is 4.33. The third-order valence-electron chi connectivity index (χ3n) is 2.20. The van der Waals surface area contributed by atoms with Crippen molar-refractivity contribution < 1.29 is 0 Å². The third-order valence-corrected chi connectivity index (χ3v) is 2.20. The smallest absolute Gasteiger partial charge is 0.131 e. The van der Waals surface area contributed by atoms with E-state index in [4.69, 9.17) is 0 Å². The summed E-state index contributed by atoms with van der Waals surface area (Å²) >= 11 is 0. The molecular weight excluding hydrogens is 162 g/mol. The second-order valence-electron chi connectivity index (χ2n) is 4.62. The summed E-state index contributed by atoms with van der Waals surface area (Å²) in [6, 6.07) is 0. The molecule has 0 aromatic heterocycles. The molecule has 0 amide bonds. The molecule has 1 aliphatic heterocycles. The van der Waals surface area contributed by atoms with Gasteiger partial charge in [-0.15, -0.1) is 0 Å². The molecule has 76 valence electrons. The van der Waals surface area contributed by atoms with Crippen LogP contribution < -0.4 is 5.43 Å². The zero-order valence-electron chi connectivity index (χ0n) is 9.22. The summed E-state index contributed by atoms with van der Waals surface area (Å²) in [6.07, 6.45) is 2.49. The van der Waals surface area contributed by atoms with E-state index in [1.807, 2.05) is 0 Å². The van der Waals surface area contributed by atoms with E-state index in [9.17, 15) is 0 Å². The van der Waals surface area contributed by atoms with Gasteiger partial charge in [0.25, 0.3) is 0 Å². The van der Waals surface area contributed by atoms with E-state index in [0.717, 1.165) is 13.2 Å². The maximum atomic E-state index is 4.33. The van der Waals surface area contributed by atoms with Crippen molar-refractivity contribution in [3.8, 4) is 0 Å². The van der Waals surface area contributed by atoms with Crippen LogP contribution in [0.15, 0.2) is 5.10 Å². The second-order valence-corrected chi connectivity index (χ2v) is 4.62. The predicted octanol–water partition coefficient (Wildman–Crippen LogP) is 2.01. The number of nitrogens with zero attached hydrogens (tertiary/aromatic N) is 2. The molecule has 0 aromatic carbocycles. The summed E-state index contributed by atoms with van der Waals surface area (Å²) in [5.41, 5.74) is 3.22. The molecule has 1 aliphatic rings. The molecule has 0 aliphatic carbocycles. The minimum atomic E-state index is 0.164. The van der Waals surface area contributed by atoms with Gasteiger partial charge in [0.2, 0.25) is 0 Å². The zero-order chi connectivity index (χ0) is 9.90. The zero-order valence-corrected chi connectivity index (χ0v) is 9.22. The first-order valence-electron chi connectivity index (χ1n) is 5.11. The third kappa shape index (κ3) is 2.61. The van der Waals surface area contributed by atoms with Crippen LogP contribution in [0.25, 0.3) is 0 Å². The lowest BCUT2D eigenvalue weighted by Crippen LogP contribution is -2.37. The number of hydrogen-bond acceptors (Lipinski definition) is 3. The molecule has 1 heterocycles. The Morgan fingerprint density at radius 2 is 2.15 bits per heavy atom. The highest BCUT2D eigenvalue weighted by Crippen LogP contribution is 2.20. The lowest BCUT2D eigenvalue weighted by molar-refractivity contribution is 0.378. The van der Waals surface area contributed by atoms with Crippen LogP contribution in [0.1, 0.15) is 40.5 Å². The maximum Gasteiger partial charge on any atom is 0.131 e. The van der Waals surface area contributed by atoms with Crippen LogP contribution in [0.4, 0.5) is 0 Å². The van der Waals surface area contributed by atoms with Gasteiger partial charge in [0.15, 0.2) is 0 Å². The van der Waals surface area contributed by atoms with Gasteiger partial charge in [0.05, 0.1) is 0 Å². The molecular formula is C10H21N3. The first-order chi connectivity index (χ1) is 6.05. The van der Waals surface area contributed by atoms with Crippen LogP contribution in [-0.4, -0.2) is 23.9 Å². The average molecular weight is 183 g/mol. The van der Waals surface area contributed by atoms with Crippen LogP contribution >= 0.6 is 0 Å². The van der Waals surface area contributed by atoms with Gasteiger partial charge in [-0.25, -0.2) is 0 Å². The first-order valence-corrected chi connectivity index (χ1v) is 5.11. The Morgan fingerprint density at radius 1 is 1.46 bits per heavy atom. The van der Waals surface area contributed by atoms with E-state index in [0.29, 0.717) is 0 Å². The molecule has 1 rings (SSSR count). The van der Waals surface area contributed by atoms with Crippen molar-refractivity contribution in [1.82, 2.24) is 10.3 Å². The Kier molecular flexibility index (Phi) is 3.17. The van der Waals surface area contributed by atoms with E-state index in [1.165, 1.54) is 18.7 Å². The van der Waals surface area contributed by atoms with Crippen molar-refractivity contribution >= 4 is 5.84 Å². The Morgan fingerprint density at radius 3 is 2.69 bits per heavy atom. The van der Waals surface area contributed by atoms with Gasteiger partial charge in [0, 0.05) is 12.0 Å². The van der Waals surface area contributed by atoms with Crippen LogP contribution in [-0.2, 0) is 0 Å². The molecule has 13 heavy (non-hydrogen) atoms. The molecule has 3 heteroatoms. The molecule has 0 spiro atoms. The second kappa shape index (κ2) is 3.99. The fourth-order valence-corrected chi connectivity index (χ4v) is 1.52. The average Bonchev–Trinajstić information content (AvgIpc) is 2.47. The van der Waals surface area contributed by atoms with Gasteiger partial charge in [-0.05, 0) is 6.42 Å². The number of amidine groups is 1. The SMILES string of the molecule is CCCCN1CNN=C1C(C)(C)C. The first kappa shape index (κ1) is 10.4. The molecule has 0 aromatic rings. The van der Waals surface area contributed by atoms with Crippen LogP contribution in [0.2, 0.25) is 0 Å². The molecule has 0 saturated carbocycles. The minimum absolute atomic E-state index is 0.164. The summed E-state index contributed by atoms with van der Waals surface area (Å²) in [6.45, 7) is 10.8. The van der Waals surface area contributed by atoms with E-state index in [-0.39, 0.29) is 5.41 Å². The number of unbranched alkanes of at least 4 members (excludes halogenated alkanes) is 1. The van der Waals surface area contributed by atoms with E-state index >= 15 is 0 Å². The monoisotopic (exact) mass is 183 g/mol. The van der Waals surface area contributed by atoms with Crippen molar-refractivity contribution in [2.24, 2.45) is 10.5 Å². The normalized spacial score (nSPS) is 17.2. The van der Waals surface area contributed by atoms with Crippen molar-refractivity contribution in [3.63, 3.8) is 0 Å². The number of hydrogen-bond donors (Lipinski definition) is 1. The van der Waals surface area contributed by atoms with E-state index < -0.39 is 0 Å². The summed E-state index contributed by atoms with van der Waals surface area (Å²) in [5.74, 6) is 1.20. The van der Waals surface area contributed by atoms with E-state index in [1.54, 1.807) is 0 Å². The van der Waals surface area contributed by atoms with Crippen LogP contribution in [0.5, 0.6) is 0 Å². The summed E-state index contributed by atoms with van der Waals surface area (Å²) in [4.78, 5) is 2.34. The molecule has 0 atom stereocenters. The molecule has 1 N–H and O–H groups in total. The lowest BCUT2D eigenvalue weighted by Gasteiger charge is -2.27. The van der Waals surface area contributed by atoms with Crippen molar-refractivity contribution in [2.75, 3.05) is 13.2 Å². The quantitative estimate of drug-likeness (QED) is 0.724. The van der Waals surface area contributed by atoms with Crippen molar-refractivity contribution in [1.29, 1.82) is 0 Å². The largest absolute Gasteiger partial charge is 0.339 e. The summed E-state index contributed by atoms with van der Waals surface area (Å²) in [7, 11) is 0. The van der Waals surface area contributed by atoms with Gasteiger partial charge >= 0.3 is 0 Å². The number of hydrazone groups is 1. The summed E-state index contributed by atoms with van der Waals surface area (Å²) < 4.78 is 0. The Balaban J connectivity index is 2.53. The van der Waals surface area contributed by atoms with Gasteiger partial charge in [0.1, 0.15) is 12.5 Å². The van der Waals surface area contributed by atoms with Gasteiger partial charge in [-0.1, -0.05) is 34.1 Å². The van der Waals surface area contributed by atoms with Gasteiger partial charge in [-0.2, -0.15) is 5.10 Å². The number of rotatable bonds is 3. The molecule has 0 fully saturated rings.